The predicted octanol–water partition coefficient (Wildman–Crippen LogP) is 3.18. The number of benzene rings is 2. The molecule has 8 nitrogen and oxygen atoms in total. The summed E-state index contributed by atoms with van der Waals surface area (Å²) in [6, 6.07) is 12.2. The molecule has 2 heterocycles. The second-order valence-electron chi connectivity index (χ2n) is 8.78. The van der Waals surface area contributed by atoms with Gasteiger partial charge in [0.15, 0.2) is 11.5 Å². The lowest BCUT2D eigenvalue weighted by Crippen LogP contribution is -2.53. The maximum Gasteiger partial charge on any atom is 0.317 e. The quantitative estimate of drug-likeness (QED) is 0.721. The molecule has 0 saturated carbocycles. The average Bonchev–Trinajstić information content (AvgIpc) is 2.82. The third-order valence-corrected chi connectivity index (χ3v) is 7.97. The molecule has 4 rings (SSSR count). The van der Waals surface area contributed by atoms with E-state index in [1.807, 2.05) is 39.0 Å². The van der Waals surface area contributed by atoms with Gasteiger partial charge in [0, 0.05) is 26.2 Å². The van der Waals surface area contributed by atoms with Crippen molar-refractivity contribution in [2.45, 2.75) is 31.7 Å². The number of urea groups is 1. The van der Waals surface area contributed by atoms with Gasteiger partial charge < -0.3 is 19.7 Å². The highest BCUT2D eigenvalue weighted by Crippen LogP contribution is 2.34. The molecule has 1 saturated heterocycles. The third-order valence-electron chi connectivity index (χ3n) is 6.06. The van der Waals surface area contributed by atoms with Gasteiger partial charge in [-0.2, -0.15) is 4.31 Å². The van der Waals surface area contributed by atoms with Crippen molar-refractivity contribution in [2.75, 3.05) is 39.4 Å². The highest BCUT2D eigenvalue weighted by Gasteiger charge is 2.31. The predicted molar refractivity (Wildman–Crippen MR) is 125 cm³/mol. The number of nitrogens with zero attached hydrogens (tertiary/aromatic N) is 2. The van der Waals surface area contributed by atoms with E-state index in [0.717, 1.165) is 11.1 Å². The van der Waals surface area contributed by atoms with Gasteiger partial charge in [0.2, 0.25) is 10.0 Å². The van der Waals surface area contributed by atoms with Crippen molar-refractivity contribution in [3.05, 3.63) is 53.6 Å². The number of hydrogen-bond acceptors (Lipinski definition) is 5. The number of piperazine rings is 1. The van der Waals surface area contributed by atoms with E-state index in [9.17, 15) is 13.2 Å². The molecule has 2 amide bonds. The summed E-state index contributed by atoms with van der Waals surface area (Å²) >= 11 is 0. The minimum absolute atomic E-state index is 0.153. The molecule has 9 heteroatoms. The minimum atomic E-state index is -3.57. The molecular weight excluding hydrogens is 442 g/mol. The van der Waals surface area contributed by atoms with Crippen LogP contribution < -0.4 is 14.8 Å². The van der Waals surface area contributed by atoms with Crippen molar-refractivity contribution in [1.29, 1.82) is 0 Å². The fraction of sp³-hybridized carbons (Fsp3) is 0.458. The summed E-state index contributed by atoms with van der Waals surface area (Å²) in [5, 5.41) is 3.12. The molecule has 2 aromatic rings. The minimum Gasteiger partial charge on any atom is -0.486 e. The zero-order valence-electron chi connectivity index (χ0n) is 19.3. The largest absolute Gasteiger partial charge is 0.486 e. The standard InChI is InChI=1S/C24H31N3O5S/c1-17(2)23(19-6-9-21-22(16-19)32-15-14-31-21)25-24(28)26-10-12-27(13-11-26)33(29,30)20-7-4-18(3)5-8-20/h4-9,16-17,23H,10-15H2,1-3H3,(H,25,28)/t23-/m1/s1. The highest BCUT2D eigenvalue weighted by molar-refractivity contribution is 7.89. The molecule has 0 spiro atoms. The number of sulfonamides is 1. The summed E-state index contributed by atoms with van der Waals surface area (Å²) < 4.78 is 38.6. The van der Waals surface area contributed by atoms with Crippen LogP contribution in [0, 0.1) is 12.8 Å². The van der Waals surface area contributed by atoms with Crippen LogP contribution in [0.3, 0.4) is 0 Å². The fourth-order valence-electron chi connectivity index (χ4n) is 4.10. The number of fused-ring (bicyclic) bond motifs is 1. The van der Waals surface area contributed by atoms with Crippen LogP contribution in [0.4, 0.5) is 4.79 Å². The first-order valence-electron chi connectivity index (χ1n) is 11.3. The van der Waals surface area contributed by atoms with Gasteiger partial charge in [-0.15, -0.1) is 0 Å². The molecule has 2 aliphatic heterocycles. The van der Waals surface area contributed by atoms with E-state index >= 15 is 0 Å². The van der Waals surface area contributed by atoms with Crippen LogP contribution in [0.15, 0.2) is 47.4 Å². The molecule has 1 fully saturated rings. The van der Waals surface area contributed by atoms with Crippen molar-refractivity contribution < 1.29 is 22.7 Å². The molecule has 1 atom stereocenters. The second-order valence-corrected chi connectivity index (χ2v) is 10.7. The second kappa shape index (κ2) is 9.61. The molecule has 2 aliphatic rings. The van der Waals surface area contributed by atoms with Gasteiger partial charge in [0.25, 0.3) is 0 Å². The van der Waals surface area contributed by atoms with Crippen molar-refractivity contribution in [2.24, 2.45) is 5.92 Å². The molecule has 1 N–H and O–H groups in total. The number of ether oxygens (including phenoxy) is 2. The third kappa shape index (κ3) is 5.09. The number of carbonyl (C=O) groups is 1. The first kappa shape index (κ1) is 23.4. The van der Waals surface area contributed by atoms with E-state index in [1.54, 1.807) is 29.2 Å². The van der Waals surface area contributed by atoms with Crippen molar-refractivity contribution in [1.82, 2.24) is 14.5 Å². The Labute approximate surface area is 195 Å². The molecule has 0 aliphatic carbocycles. The molecule has 0 aromatic heterocycles. The Morgan fingerprint density at radius 3 is 2.21 bits per heavy atom. The maximum absolute atomic E-state index is 13.0. The van der Waals surface area contributed by atoms with Gasteiger partial charge in [0.05, 0.1) is 10.9 Å². The molecule has 178 valence electrons. The number of carbonyl (C=O) groups excluding carboxylic acids is 1. The number of rotatable bonds is 5. The van der Waals surface area contributed by atoms with Gasteiger partial charge >= 0.3 is 6.03 Å². The Hall–Kier alpha value is -2.78. The van der Waals surface area contributed by atoms with Gasteiger partial charge in [-0.1, -0.05) is 37.6 Å². The van der Waals surface area contributed by atoms with Gasteiger partial charge in [-0.25, -0.2) is 13.2 Å². The van der Waals surface area contributed by atoms with Gasteiger partial charge in [-0.05, 0) is 42.7 Å². The summed E-state index contributed by atoms with van der Waals surface area (Å²) in [5.74, 6) is 1.55. The van der Waals surface area contributed by atoms with E-state index < -0.39 is 10.0 Å². The first-order valence-corrected chi connectivity index (χ1v) is 12.7. The van der Waals surface area contributed by atoms with Crippen molar-refractivity contribution >= 4 is 16.1 Å². The van der Waals surface area contributed by atoms with Crippen LogP contribution in [-0.4, -0.2) is 63.0 Å². The lowest BCUT2D eigenvalue weighted by Gasteiger charge is -2.35. The Bertz CT molecular complexity index is 1090. The normalized spacial score (nSPS) is 17.6. The molecule has 2 aromatic carbocycles. The Morgan fingerprint density at radius 2 is 1.58 bits per heavy atom. The SMILES string of the molecule is Cc1ccc(S(=O)(=O)N2CCN(C(=O)N[C@@H](c3ccc4c(c3)OCCO4)C(C)C)CC2)cc1. The number of aryl methyl sites for hydroxylation is 1. The monoisotopic (exact) mass is 473 g/mol. The number of hydrogen-bond donors (Lipinski definition) is 1. The Morgan fingerprint density at radius 1 is 0.939 bits per heavy atom. The van der Waals surface area contributed by atoms with Crippen LogP contribution in [-0.2, 0) is 10.0 Å². The molecule has 0 radical (unpaired) electrons. The number of amides is 2. The topological polar surface area (TPSA) is 88.2 Å². The van der Waals surface area contributed by atoms with Gasteiger partial charge in [0.1, 0.15) is 13.2 Å². The number of nitrogens with one attached hydrogen (secondary N) is 1. The zero-order valence-corrected chi connectivity index (χ0v) is 20.1. The highest BCUT2D eigenvalue weighted by atomic mass is 32.2. The molecule has 0 bridgehead atoms. The van der Waals surface area contributed by atoms with E-state index in [1.165, 1.54) is 4.31 Å². The Kier molecular flexibility index (Phi) is 6.81. The van der Waals surface area contributed by atoms with E-state index in [4.69, 9.17) is 9.47 Å². The molecule has 0 unspecified atom stereocenters. The molecule has 33 heavy (non-hydrogen) atoms. The lowest BCUT2D eigenvalue weighted by atomic mass is 9.95. The Balaban J connectivity index is 1.40. The summed E-state index contributed by atoms with van der Waals surface area (Å²) in [4.78, 5) is 15.0. The smallest absolute Gasteiger partial charge is 0.317 e. The average molecular weight is 474 g/mol. The van der Waals surface area contributed by atoms with Crippen LogP contribution in [0.2, 0.25) is 0 Å². The lowest BCUT2D eigenvalue weighted by molar-refractivity contribution is 0.165. The van der Waals surface area contributed by atoms with Crippen LogP contribution in [0.1, 0.15) is 31.0 Å². The summed E-state index contributed by atoms with van der Waals surface area (Å²) in [7, 11) is -3.57. The zero-order chi connectivity index (χ0) is 23.6. The van der Waals surface area contributed by atoms with Crippen molar-refractivity contribution in [3.8, 4) is 11.5 Å². The van der Waals surface area contributed by atoms with E-state index in [0.29, 0.717) is 37.8 Å². The summed E-state index contributed by atoms with van der Waals surface area (Å²) in [6.45, 7) is 8.25. The maximum atomic E-state index is 13.0. The molecular formula is C24H31N3O5S. The van der Waals surface area contributed by atoms with E-state index in [-0.39, 0.29) is 36.0 Å². The van der Waals surface area contributed by atoms with Crippen LogP contribution >= 0.6 is 0 Å². The van der Waals surface area contributed by atoms with Crippen LogP contribution in [0.25, 0.3) is 0 Å². The summed E-state index contributed by atoms with van der Waals surface area (Å²) in [6.07, 6.45) is 0. The summed E-state index contributed by atoms with van der Waals surface area (Å²) in [5.41, 5.74) is 1.95. The first-order chi connectivity index (χ1) is 15.8. The van der Waals surface area contributed by atoms with Crippen LogP contribution in [0.5, 0.6) is 11.5 Å². The van der Waals surface area contributed by atoms with E-state index in [2.05, 4.69) is 5.32 Å². The van der Waals surface area contributed by atoms with Gasteiger partial charge in [-0.3, -0.25) is 0 Å². The fourth-order valence-corrected chi connectivity index (χ4v) is 5.53. The van der Waals surface area contributed by atoms with Crippen molar-refractivity contribution in [3.63, 3.8) is 0 Å².